The smallest absolute Gasteiger partial charge is 0.270 e. The van der Waals surface area contributed by atoms with Gasteiger partial charge in [-0.3, -0.25) is 29.9 Å². The molecule has 0 N–H and O–H groups in total. The molecule has 12 heteroatoms. The number of nitro groups is 2. The Morgan fingerprint density at radius 3 is 2.41 bits per heavy atom. The van der Waals surface area contributed by atoms with Crippen molar-refractivity contribution in [2.45, 2.75) is 6.54 Å². The summed E-state index contributed by atoms with van der Waals surface area (Å²) in [7, 11) is 0. The second-order valence-electron chi connectivity index (χ2n) is 6.91. The summed E-state index contributed by atoms with van der Waals surface area (Å²) in [5.74, 6) is 0.213. The summed E-state index contributed by atoms with van der Waals surface area (Å²) in [6.45, 7) is 0.127. The molecule has 0 atom stereocenters. The topological polar surface area (TPSA) is 144 Å². The summed E-state index contributed by atoms with van der Waals surface area (Å²) >= 11 is 1.09. The van der Waals surface area contributed by atoms with Crippen LogP contribution in [0, 0.1) is 20.2 Å². The minimum absolute atomic E-state index is 0.0512. The van der Waals surface area contributed by atoms with Crippen molar-refractivity contribution in [1.82, 2.24) is 4.90 Å². The molecule has 11 nitrogen and oxygen atoms in total. The van der Waals surface area contributed by atoms with Gasteiger partial charge >= 0.3 is 0 Å². The number of carbonyl (C=O) groups excluding carboxylic acids is 1. The van der Waals surface area contributed by atoms with E-state index in [9.17, 15) is 25.0 Å². The van der Waals surface area contributed by atoms with Crippen LogP contribution >= 0.6 is 11.8 Å². The number of thioether (sulfide) groups is 1. The van der Waals surface area contributed by atoms with E-state index in [2.05, 4.69) is 10.2 Å². The number of carbonyl (C=O) groups is 1. The maximum absolute atomic E-state index is 13.1. The number of hydrogen-bond acceptors (Lipinski definition) is 9. The standard InChI is InChI=1S/C22H15N5O6S/c28-21-20(12-15-6-8-17(9-7-15)26(29)30)34-22(25(21)14-19-5-2-10-33-19)24-23-13-16-3-1-4-18(11-16)27(31)32/h1-13H,14H2/b20-12-,23-13-,24-22+. The lowest BCUT2D eigenvalue weighted by Gasteiger charge is -2.12. The molecule has 1 aliphatic heterocycles. The van der Waals surface area contributed by atoms with Crippen LogP contribution in [-0.2, 0) is 11.3 Å². The van der Waals surface area contributed by atoms with Crippen LogP contribution in [0.4, 0.5) is 11.4 Å². The predicted molar refractivity (Wildman–Crippen MR) is 126 cm³/mol. The SMILES string of the molecule is O=C1/C(=C/c2ccc([N+](=O)[O-])cc2)S/C(=N/N=C\c2cccc([N+](=O)[O-])c2)N1Cc1ccco1. The second kappa shape index (κ2) is 9.92. The van der Waals surface area contributed by atoms with Gasteiger partial charge in [0.1, 0.15) is 5.76 Å². The molecule has 1 fully saturated rings. The van der Waals surface area contributed by atoms with Gasteiger partial charge in [0.15, 0.2) is 5.17 Å². The van der Waals surface area contributed by atoms with E-state index in [1.165, 1.54) is 47.7 Å². The van der Waals surface area contributed by atoms with Crippen LogP contribution in [0.25, 0.3) is 6.08 Å². The first kappa shape index (κ1) is 22.6. The average molecular weight is 477 g/mol. The minimum Gasteiger partial charge on any atom is -0.467 e. The summed E-state index contributed by atoms with van der Waals surface area (Å²) in [5.41, 5.74) is 0.965. The fourth-order valence-corrected chi connectivity index (χ4v) is 3.92. The summed E-state index contributed by atoms with van der Waals surface area (Å²) in [6, 6.07) is 15.1. The van der Waals surface area contributed by atoms with Crippen molar-refractivity contribution in [3.63, 3.8) is 0 Å². The number of nitrogens with zero attached hydrogens (tertiary/aromatic N) is 5. The maximum atomic E-state index is 13.1. The summed E-state index contributed by atoms with van der Waals surface area (Å²) < 4.78 is 5.35. The molecule has 0 unspecified atom stereocenters. The van der Waals surface area contributed by atoms with Crippen molar-refractivity contribution in [2.24, 2.45) is 10.2 Å². The lowest BCUT2D eigenvalue weighted by molar-refractivity contribution is -0.385. The first-order chi connectivity index (χ1) is 16.4. The third kappa shape index (κ3) is 5.24. The van der Waals surface area contributed by atoms with E-state index in [1.54, 1.807) is 36.4 Å². The molecule has 2 aromatic carbocycles. The second-order valence-corrected chi connectivity index (χ2v) is 7.92. The van der Waals surface area contributed by atoms with Crippen molar-refractivity contribution in [1.29, 1.82) is 0 Å². The molecule has 1 aliphatic rings. The minimum atomic E-state index is -0.505. The lowest BCUT2D eigenvalue weighted by Crippen LogP contribution is -2.28. The van der Waals surface area contributed by atoms with Gasteiger partial charge in [0.25, 0.3) is 17.3 Å². The zero-order chi connectivity index (χ0) is 24.1. The molecule has 1 saturated heterocycles. The molecule has 1 aromatic heterocycles. The highest BCUT2D eigenvalue weighted by molar-refractivity contribution is 8.18. The van der Waals surface area contributed by atoms with Gasteiger partial charge in [0.2, 0.25) is 0 Å². The Morgan fingerprint density at radius 1 is 0.971 bits per heavy atom. The summed E-state index contributed by atoms with van der Waals surface area (Å²) in [4.78, 5) is 35.6. The number of hydrogen-bond donors (Lipinski definition) is 0. The number of nitro benzene ring substituents is 2. The van der Waals surface area contributed by atoms with Gasteiger partial charge in [-0.05, 0) is 47.7 Å². The predicted octanol–water partition coefficient (Wildman–Crippen LogP) is 4.60. The molecule has 0 radical (unpaired) electrons. The summed E-state index contributed by atoms with van der Waals surface area (Å²) in [6.07, 6.45) is 4.46. The Bertz CT molecular complexity index is 1330. The van der Waals surface area contributed by atoms with Gasteiger partial charge in [0.05, 0.1) is 33.8 Å². The molecular weight excluding hydrogens is 462 g/mol. The Kier molecular flexibility index (Phi) is 6.59. The maximum Gasteiger partial charge on any atom is 0.270 e. The lowest BCUT2D eigenvalue weighted by atomic mass is 10.2. The van der Waals surface area contributed by atoms with Crippen molar-refractivity contribution < 1.29 is 19.1 Å². The monoisotopic (exact) mass is 477 g/mol. The molecule has 0 spiro atoms. The van der Waals surface area contributed by atoms with E-state index in [0.717, 1.165) is 11.8 Å². The highest BCUT2D eigenvalue weighted by Crippen LogP contribution is 2.34. The van der Waals surface area contributed by atoms with Crippen LogP contribution in [0.15, 0.2) is 86.5 Å². The van der Waals surface area contributed by atoms with Crippen LogP contribution in [0.2, 0.25) is 0 Å². The normalized spacial score (nSPS) is 16.1. The number of furan rings is 1. The van der Waals surface area contributed by atoms with Crippen molar-refractivity contribution >= 4 is 46.5 Å². The molecule has 1 amide bonds. The van der Waals surface area contributed by atoms with Crippen molar-refractivity contribution in [2.75, 3.05) is 0 Å². The number of rotatable bonds is 7. The molecule has 170 valence electrons. The van der Waals surface area contributed by atoms with Gasteiger partial charge in [0, 0.05) is 29.8 Å². The van der Waals surface area contributed by atoms with E-state index < -0.39 is 9.85 Å². The molecule has 2 heterocycles. The third-order valence-corrected chi connectivity index (χ3v) is 5.61. The van der Waals surface area contributed by atoms with E-state index in [0.29, 0.717) is 21.8 Å². The Balaban J connectivity index is 1.61. The Morgan fingerprint density at radius 2 is 1.74 bits per heavy atom. The van der Waals surface area contributed by atoms with Gasteiger partial charge in [-0.2, -0.15) is 5.10 Å². The Labute approximate surface area is 196 Å². The van der Waals surface area contributed by atoms with Crippen LogP contribution in [-0.4, -0.2) is 32.0 Å². The van der Waals surface area contributed by atoms with E-state index in [-0.39, 0.29) is 29.0 Å². The third-order valence-electron chi connectivity index (χ3n) is 4.61. The number of non-ortho nitro benzene ring substituents is 2. The van der Waals surface area contributed by atoms with Crippen LogP contribution in [0.5, 0.6) is 0 Å². The van der Waals surface area contributed by atoms with Crippen LogP contribution < -0.4 is 0 Å². The van der Waals surface area contributed by atoms with Gasteiger partial charge in [-0.25, -0.2) is 0 Å². The fourth-order valence-electron chi connectivity index (χ4n) is 2.99. The highest BCUT2D eigenvalue weighted by Gasteiger charge is 2.34. The molecule has 0 bridgehead atoms. The first-order valence-corrected chi connectivity index (χ1v) is 10.6. The highest BCUT2D eigenvalue weighted by atomic mass is 32.2. The zero-order valence-electron chi connectivity index (χ0n) is 17.3. The Hall–Kier alpha value is -4.58. The zero-order valence-corrected chi connectivity index (χ0v) is 18.1. The first-order valence-electron chi connectivity index (χ1n) is 9.74. The molecule has 0 aliphatic carbocycles. The largest absolute Gasteiger partial charge is 0.467 e. The summed E-state index contributed by atoms with van der Waals surface area (Å²) in [5, 5.41) is 30.2. The molecule has 34 heavy (non-hydrogen) atoms. The van der Waals surface area contributed by atoms with Gasteiger partial charge in [-0.15, -0.1) is 5.10 Å². The molecular formula is C22H15N5O6S. The van der Waals surface area contributed by atoms with E-state index in [1.807, 2.05) is 0 Å². The van der Waals surface area contributed by atoms with E-state index >= 15 is 0 Å². The van der Waals surface area contributed by atoms with Crippen molar-refractivity contribution in [3.05, 3.63) is 109 Å². The molecule has 3 aromatic rings. The number of benzene rings is 2. The number of amidine groups is 1. The molecule has 4 rings (SSSR count). The molecule has 0 saturated carbocycles. The number of amides is 1. The quantitative estimate of drug-likeness (QED) is 0.209. The van der Waals surface area contributed by atoms with Crippen molar-refractivity contribution in [3.8, 4) is 0 Å². The van der Waals surface area contributed by atoms with Gasteiger partial charge < -0.3 is 4.42 Å². The average Bonchev–Trinajstić information content (AvgIpc) is 3.44. The van der Waals surface area contributed by atoms with Crippen LogP contribution in [0.3, 0.4) is 0 Å². The fraction of sp³-hybridized carbons (Fsp3) is 0.0455. The van der Waals surface area contributed by atoms with Crippen LogP contribution in [0.1, 0.15) is 16.9 Å². The van der Waals surface area contributed by atoms with Gasteiger partial charge in [-0.1, -0.05) is 12.1 Å². The van der Waals surface area contributed by atoms with E-state index in [4.69, 9.17) is 4.42 Å².